The number of benzene rings is 1. The monoisotopic (exact) mass is 354 g/mol. The summed E-state index contributed by atoms with van der Waals surface area (Å²) in [5, 5.41) is 0.111. The van der Waals surface area contributed by atoms with Gasteiger partial charge in [0.15, 0.2) is 0 Å². The molecule has 0 fully saturated rings. The first kappa shape index (κ1) is 20.9. The van der Waals surface area contributed by atoms with Crippen LogP contribution in [0, 0.1) is 5.92 Å². The van der Waals surface area contributed by atoms with E-state index in [1.165, 1.54) is 0 Å². The number of carbonyl (C=O) groups excluding carboxylic acids is 1. The largest absolute Gasteiger partial charge is 0.466 e. The highest BCUT2D eigenvalue weighted by Crippen LogP contribution is 2.59. The summed E-state index contributed by atoms with van der Waals surface area (Å²) in [6, 6.07) is 9.37. The van der Waals surface area contributed by atoms with Gasteiger partial charge in [-0.3, -0.25) is 9.36 Å². The summed E-state index contributed by atoms with van der Waals surface area (Å²) in [4.78, 5) is 11.3. The van der Waals surface area contributed by atoms with E-state index in [0.29, 0.717) is 25.4 Å². The molecular weight excluding hydrogens is 323 g/mol. The second kappa shape index (κ2) is 9.39. The van der Waals surface area contributed by atoms with Crippen molar-refractivity contribution in [3.8, 4) is 0 Å². The van der Waals surface area contributed by atoms with E-state index in [-0.39, 0.29) is 12.6 Å². The molecule has 1 aromatic rings. The van der Waals surface area contributed by atoms with Gasteiger partial charge in [-0.15, -0.1) is 0 Å². The Labute approximate surface area is 146 Å². The summed E-state index contributed by atoms with van der Waals surface area (Å²) in [7, 11) is -3.09. The first-order valence-corrected chi connectivity index (χ1v) is 10.3. The van der Waals surface area contributed by atoms with Crippen LogP contribution in [0.15, 0.2) is 30.3 Å². The summed E-state index contributed by atoms with van der Waals surface area (Å²) in [6.07, 6.45) is 1.70. The Balaban J connectivity index is 2.94. The zero-order chi connectivity index (χ0) is 18.2. The standard InChI is InChI=1S/C19H31O4P/c1-6-18(20)22-15-13-19(4,5)24(21,23-14-12-16(2)3)17-10-8-7-9-11-17/h7-11,16H,6,12-15H2,1-5H3. The van der Waals surface area contributed by atoms with E-state index in [1.807, 2.05) is 44.2 Å². The molecule has 0 aromatic heterocycles. The SMILES string of the molecule is CCC(=O)OCCC(C)(C)P(=O)(OCCC(C)C)c1ccccc1. The van der Waals surface area contributed by atoms with E-state index in [0.717, 1.165) is 11.7 Å². The van der Waals surface area contributed by atoms with Crippen LogP contribution in [0.1, 0.15) is 53.9 Å². The van der Waals surface area contributed by atoms with Crippen LogP contribution in [0.5, 0.6) is 0 Å². The fourth-order valence-electron chi connectivity index (χ4n) is 2.30. The van der Waals surface area contributed by atoms with Gasteiger partial charge >= 0.3 is 5.97 Å². The molecule has 0 saturated carbocycles. The molecule has 0 saturated heterocycles. The Bertz CT molecular complexity index is 552. The van der Waals surface area contributed by atoms with Crippen LogP contribution in [-0.2, 0) is 18.6 Å². The van der Waals surface area contributed by atoms with E-state index in [4.69, 9.17) is 9.26 Å². The van der Waals surface area contributed by atoms with Crippen molar-refractivity contribution in [2.24, 2.45) is 5.92 Å². The van der Waals surface area contributed by atoms with Crippen molar-refractivity contribution in [1.82, 2.24) is 0 Å². The molecule has 0 bridgehead atoms. The third-order valence-corrected chi connectivity index (χ3v) is 7.47. The molecule has 136 valence electrons. The fraction of sp³-hybridized carbons (Fsp3) is 0.632. The van der Waals surface area contributed by atoms with Crippen LogP contribution in [0.2, 0.25) is 0 Å². The van der Waals surface area contributed by atoms with E-state index < -0.39 is 12.5 Å². The van der Waals surface area contributed by atoms with Crippen LogP contribution >= 0.6 is 7.37 Å². The maximum atomic E-state index is 13.8. The smallest absolute Gasteiger partial charge is 0.305 e. The van der Waals surface area contributed by atoms with Crippen molar-refractivity contribution < 1.29 is 18.6 Å². The Morgan fingerprint density at radius 1 is 1.17 bits per heavy atom. The number of ether oxygens (including phenoxy) is 1. The Morgan fingerprint density at radius 3 is 2.33 bits per heavy atom. The van der Waals surface area contributed by atoms with Gasteiger partial charge in [-0.05, 0) is 30.9 Å². The first-order chi connectivity index (χ1) is 11.2. The average Bonchev–Trinajstić information content (AvgIpc) is 2.54. The normalized spacial score (nSPS) is 14.4. The van der Waals surface area contributed by atoms with Crippen molar-refractivity contribution in [1.29, 1.82) is 0 Å². The molecule has 0 aliphatic rings. The van der Waals surface area contributed by atoms with Gasteiger partial charge in [0.1, 0.15) is 0 Å². The number of rotatable bonds is 10. The van der Waals surface area contributed by atoms with Crippen molar-refractivity contribution in [3.05, 3.63) is 30.3 Å². The van der Waals surface area contributed by atoms with Gasteiger partial charge < -0.3 is 9.26 Å². The predicted molar refractivity (Wildman–Crippen MR) is 99.0 cm³/mol. The van der Waals surface area contributed by atoms with Crippen molar-refractivity contribution >= 4 is 18.6 Å². The van der Waals surface area contributed by atoms with Gasteiger partial charge in [-0.2, -0.15) is 0 Å². The molecule has 0 N–H and O–H groups in total. The van der Waals surface area contributed by atoms with Crippen LogP contribution < -0.4 is 5.30 Å². The number of hydrogen-bond acceptors (Lipinski definition) is 4. The highest BCUT2D eigenvalue weighted by atomic mass is 31.2. The fourth-order valence-corrected chi connectivity index (χ4v) is 4.81. The first-order valence-electron chi connectivity index (χ1n) is 8.69. The molecule has 4 nitrogen and oxygen atoms in total. The molecule has 1 rings (SSSR count). The number of carbonyl (C=O) groups is 1. The van der Waals surface area contributed by atoms with Gasteiger partial charge in [0, 0.05) is 16.9 Å². The quantitative estimate of drug-likeness (QED) is 0.448. The van der Waals surface area contributed by atoms with E-state index in [1.54, 1.807) is 6.92 Å². The molecule has 0 amide bonds. The van der Waals surface area contributed by atoms with E-state index in [2.05, 4.69) is 13.8 Å². The highest BCUT2D eigenvalue weighted by molar-refractivity contribution is 7.68. The number of hydrogen-bond donors (Lipinski definition) is 0. The maximum absolute atomic E-state index is 13.8. The lowest BCUT2D eigenvalue weighted by atomic mass is 10.1. The molecule has 1 atom stereocenters. The highest BCUT2D eigenvalue weighted by Gasteiger charge is 2.43. The molecule has 0 spiro atoms. The lowest BCUT2D eigenvalue weighted by Gasteiger charge is -2.34. The minimum absolute atomic E-state index is 0.235. The minimum atomic E-state index is -3.09. The second-order valence-electron chi connectivity index (χ2n) is 7.04. The van der Waals surface area contributed by atoms with Crippen LogP contribution in [0.3, 0.4) is 0 Å². The molecule has 0 aliphatic carbocycles. The van der Waals surface area contributed by atoms with Gasteiger partial charge in [0.25, 0.3) is 0 Å². The molecule has 0 aliphatic heterocycles. The van der Waals surface area contributed by atoms with Crippen molar-refractivity contribution in [2.75, 3.05) is 13.2 Å². The Morgan fingerprint density at radius 2 is 1.79 bits per heavy atom. The van der Waals surface area contributed by atoms with Gasteiger partial charge in [0.2, 0.25) is 7.37 Å². The summed E-state index contributed by atoms with van der Waals surface area (Å²) in [5.41, 5.74) is 0. The predicted octanol–water partition coefficient (Wildman–Crippen LogP) is 4.77. The summed E-state index contributed by atoms with van der Waals surface area (Å²) in [5.74, 6) is 0.254. The molecule has 0 heterocycles. The lowest BCUT2D eigenvalue weighted by Crippen LogP contribution is -2.30. The van der Waals surface area contributed by atoms with Crippen LogP contribution in [0.4, 0.5) is 0 Å². The van der Waals surface area contributed by atoms with Crippen LogP contribution in [0.25, 0.3) is 0 Å². The van der Waals surface area contributed by atoms with Crippen molar-refractivity contribution in [3.63, 3.8) is 0 Å². The zero-order valence-electron chi connectivity index (χ0n) is 15.6. The number of esters is 1. The molecule has 5 heteroatoms. The summed E-state index contributed by atoms with van der Waals surface area (Å²) in [6.45, 7) is 10.6. The molecule has 0 radical (unpaired) electrons. The minimum Gasteiger partial charge on any atom is -0.466 e. The molecular formula is C19H31O4P. The zero-order valence-corrected chi connectivity index (χ0v) is 16.5. The summed E-state index contributed by atoms with van der Waals surface area (Å²) >= 11 is 0. The molecule has 24 heavy (non-hydrogen) atoms. The maximum Gasteiger partial charge on any atom is 0.305 e. The van der Waals surface area contributed by atoms with E-state index in [9.17, 15) is 9.36 Å². The molecule has 1 unspecified atom stereocenters. The Hall–Kier alpha value is -1.12. The average molecular weight is 354 g/mol. The third kappa shape index (κ3) is 5.75. The van der Waals surface area contributed by atoms with Crippen molar-refractivity contribution in [2.45, 2.75) is 59.0 Å². The van der Waals surface area contributed by atoms with Gasteiger partial charge in [-0.25, -0.2) is 0 Å². The molecule has 1 aromatic carbocycles. The second-order valence-corrected chi connectivity index (χ2v) is 10.1. The Kier molecular flexibility index (Phi) is 8.18. The van der Waals surface area contributed by atoms with Gasteiger partial charge in [0.05, 0.1) is 13.2 Å². The van der Waals surface area contributed by atoms with E-state index >= 15 is 0 Å². The summed E-state index contributed by atoms with van der Waals surface area (Å²) < 4.78 is 25.0. The third-order valence-electron chi connectivity index (χ3n) is 4.13. The van der Waals surface area contributed by atoms with Gasteiger partial charge in [-0.1, -0.05) is 52.8 Å². The van der Waals surface area contributed by atoms with Crippen LogP contribution in [-0.4, -0.2) is 24.3 Å². The lowest BCUT2D eigenvalue weighted by molar-refractivity contribution is -0.143. The topological polar surface area (TPSA) is 52.6 Å².